The first kappa shape index (κ1) is 25.3. The van der Waals surface area contributed by atoms with E-state index in [0.717, 1.165) is 30.3 Å². The fourth-order valence-corrected chi connectivity index (χ4v) is 4.85. The lowest BCUT2D eigenvalue weighted by Gasteiger charge is -2.38. The number of nitrogens with zero attached hydrogens (tertiary/aromatic N) is 3. The normalized spacial score (nSPS) is 17.1. The lowest BCUT2D eigenvalue weighted by atomic mass is 9.88. The summed E-state index contributed by atoms with van der Waals surface area (Å²) in [5.74, 6) is -0.223. The Balaban J connectivity index is 2.00. The van der Waals surface area contributed by atoms with Crippen molar-refractivity contribution in [1.29, 1.82) is 0 Å². The number of aromatic nitrogens is 2. The molecule has 0 radical (unpaired) electrons. The van der Waals surface area contributed by atoms with Crippen molar-refractivity contribution in [3.05, 3.63) is 42.0 Å². The predicted octanol–water partition coefficient (Wildman–Crippen LogP) is 4.37. The van der Waals surface area contributed by atoms with Gasteiger partial charge in [-0.25, -0.2) is 4.98 Å². The van der Waals surface area contributed by atoms with Gasteiger partial charge in [0.25, 0.3) is 0 Å². The SMILES string of the molecule is CCCCCN1C(=O)[C@@H](C(=O)OCC)[C@H](c2cc(OC)c(OC)c(OC)c2)n2c1nc1ccccc12. The average Bonchev–Trinajstić information content (AvgIpc) is 3.27. The van der Waals surface area contributed by atoms with Crippen molar-refractivity contribution < 1.29 is 28.5 Å². The molecule has 0 saturated heterocycles. The van der Waals surface area contributed by atoms with Crippen molar-refractivity contribution in [2.75, 3.05) is 39.4 Å². The molecule has 0 bridgehead atoms. The Morgan fingerprint density at radius 3 is 2.31 bits per heavy atom. The number of hydrogen-bond acceptors (Lipinski definition) is 7. The van der Waals surface area contributed by atoms with Crippen LogP contribution in [0.15, 0.2) is 36.4 Å². The number of methoxy groups -OCH3 is 3. The number of unbranched alkanes of at least 4 members (excludes halogenated alkanes) is 2. The molecule has 192 valence electrons. The van der Waals surface area contributed by atoms with Gasteiger partial charge in [0.2, 0.25) is 17.6 Å². The third-order valence-corrected chi connectivity index (χ3v) is 6.50. The predicted molar refractivity (Wildman–Crippen MR) is 136 cm³/mol. The van der Waals surface area contributed by atoms with Gasteiger partial charge in [-0.1, -0.05) is 31.9 Å². The number of carbonyl (C=O) groups is 2. The van der Waals surface area contributed by atoms with E-state index in [9.17, 15) is 9.59 Å². The van der Waals surface area contributed by atoms with Crippen molar-refractivity contribution in [3.8, 4) is 17.2 Å². The molecule has 1 aliphatic rings. The Morgan fingerprint density at radius 2 is 1.69 bits per heavy atom. The number of fused-ring (bicyclic) bond motifs is 3. The van der Waals surface area contributed by atoms with Crippen LogP contribution in [-0.4, -0.2) is 55.9 Å². The second-order valence-corrected chi connectivity index (χ2v) is 8.60. The summed E-state index contributed by atoms with van der Waals surface area (Å²) in [5.41, 5.74) is 2.20. The molecular weight excluding hydrogens is 462 g/mol. The smallest absolute Gasteiger partial charge is 0.321 e. The molecule has 2 heterocycles. The van der Waals surface area contributed by atoms with Crippen molar-refractivity contribution in [2.24, 2.45) is 5.92 Å². The summed E-state index contributed by atoms with van der Waals surface area (Å²) < 4.78 is 24.1. The van der Waals surface area contributed by atoms with Gasteiger partial charge in [0.05, 0.1) is 45.0 Å². The second-order valence-electron chi connectivity index (χ2n) is 8.60. The van der Waals surface area contributed by atoms with Crippen LogP contribution in [0.2, 0.25) is 0 Å². The third kappa shape index (κ3) is 4.34. The summed E-state index contributed by atoms with van der Waals surface area (Å²) in [6.07, 6.45) is 2.77. The number of para-hydroxylation sites is 2. The molecule has 1 aliphatic heterocycles. The number of anilines is 1. The Morgan fingerprint density at radius 1 is 1.00 bits per heavy atom. The molecule has 4 rings (SSSR count). The second kappa shape index (κ2) is 10.9. The molecule has 3 aromatic rings. The van der Waals surface area contributed by atoms with Gasteiger partial charge in [-0.2, -0.15) is 0 Å². The van der Waals surface area contributed by atoms with Gasteiger partial charge in [-0.15, -0.1) is 0 Å². The van der Waals surface area contributed by atoms with Crippen LogP contribution < -0.4 is 19.1 Å². The van der Waals surface area contributed by atoms with E-state index < -0.39 is 17.9 Å². The average molecular weight is 496 g/mol. The van der Waals surface area contributed by atoms with Gasteiger partial charge >= 0.3 is 5.97 Å². The molecule has 9 nitrogen and oxygen atoms in total. The molecule has 0 fully saturated rings. The summed E-state index contributed by atoms with van der Waals surface area (Å²) in [4.78, 5) is 33.8. The Kier molecular flexibility index (Phi) is 7.67. The van der Waals surface area contributed by atoms with E-state index in [0.29, 0.717) is 35.3 Å². The number of amides is 1. The van der Waals surface area contributed by atoms with Crippen LogP contribution in [0.4, 0.5) is 5.95 Å². The molecule has 1 aromatic heterocycles. The van der Waals surface area contributed by atoms with Crippen LogP contribution in [0, 0.1) is 5.92 Å². The highest BCUT2D eigenvalue weighted by Crippen LogP contribution is 2.46. The summed E-state index contributed by atoms with van der Waals surface area (Å²) in [6.45, 7) is 4.47. The minimum Gasteiger partial charge on any atom is -0.493 e. The number of benzene rings is 2. The largest absolute Gasteiger partial charge is 0.493 e. The number of carbonyl (C=O) groups excluding carboxylic acids is 2. The molecule has 9 heteroatoms. The maximum Gasteiger partial charge on any atom is 0.321 e. The highest BCUT2D eigenvalue weighted by atomic mass is 16.5. The summed E-state index contributed by atoms with van der Waals surface area (Å²) in [7, 11) is 4.59. The van der Waals surface area contributed by atoms with Gasteiger partial charge in [-0.05, 0) is 43.2 Å². The van der Waals surface area contributed by atoms with Crippen LogP contribution in [0.25, 0.3) is 11.0 Å². The molecule has 36 heavy (non-hydrogen) atoms. The number of rotatable bonds is 10. The van der Waals surface area contributed by atoms with Gasteiger partial charge in [-0.3, -0.25) is 14.5 Å². The van der Waals surface area contributed by atoms with Gasteiger partial charge < -0.3 is 23.5 Å². The molecule has 2 atom stereocenters. The van der Waals surface area contributed by atoms with Crippen molar-refractivity contribution in [2.45, 2.75) is 39.2 Å². The summed E-state index contributed by atoms with van der Waals surface area (Å²) in [5, 5.41) is 0. The van der Waals surface area contributed by atoms with E-state index in [1.165, 1.54) is 21.3 Å². The van der Waals surface area contributed by atoms with Crippen LogP contribution >= 0.6 is 0 Å². The lowest BCUT2D eigenvalue weighted by Crippen LogP contribution is -2.50. The zero-order valence-corrected chi connectivity index (χ0v) is 21.4. The molecule has 0 spiro atoms. The zero-order chi connectivity index (χ0) is 25.8. The van der Waals surface area contributed by atoms with Gasteiger partial charge in [0, 0.05) is 6.54 Å². The molecule has 0 saturated carbocycles. The standard InChI is InChI=1S/C27H33N3O6/c1-6-8-11-14-29-25(31)22(26(32)36-7-2)23(30-19-13-10-9-12-18(19)28-27(29)30)17-15-20(33-3)24(35-5)21(16-17)34-4/h9-10,12-13,15-16,22-23H,6-8,11,14H2,1-5H3/t22-,23-/m0/s1. The molecule has 0 unspecified atom stereocenters. The molecular formula is C27H33N3O6. The minimum atomic E-state index is -1.11. The van der Waals surface area contributed by atoms with Crippen molar-refractivity contribution in [3.63, 3.8) is 0 Å². The van der Waals surface area contributed by atoms with Crippen molar-refractivity contribution in [1.82, 2.24) is 9.55 Å². The Labute approximate surface area is 210 Å². The molecule has 0 aliphatic carbocycles. The topological polar surface area (TPSA) is 92.1 Å². The first-order valence-corrected chi connectivity index (χ1v) is 12.2. The zero-order valence-electron chi connectivity index (χ0n) is 21.4. The fourth-order valence-electron chi connectivity index (χ4n) is 4.85. The summed E-state index contributed by atoms with van der Waals surface area (Å²) >= 11 is 0. The quantitative estimate of drug-likeness (QED) is 0.234. The molecule has 1 amide bonds. The maximum absolute atomic E-state index is 14.0. The number of esters is 1. The summed E-state index contributed by atoms with van der Waals surface area (Å²) in [6, 6.07) is 10.5. The monoisotopic (exact) mass is 495 g/mol. The Hall–Kier alpha value is -3.75. The van der Waals surface area contributed by atoms with Crippen LogP contribution in [0.1, 0.15) is 44.7 Å². The first-order valence-electron chi connectivity index (χ1n) is 12.2. The van der Waals surface area contributed by atoms with E-state index in [2.05, 4.69) is 6.92 Å². The first-order chi connectivity index (χ1) is 17.5. The van der Waals surface area contributed by atoms with Crippen molar-refractivity contribution >= 4 is 28.9 Å². The van der Waals surface area contributed by atoms with Gasteiger partial charge in [0.1, 0.15) is 0 Å². The minimum absolute atomic E-state index is 0.165. The maximum atomic E-state index is 14.0. The Bertz CT molecular complexity index is 1230. The van der Waals surface area contributed by atoms with E-state index >= 15 is 0 Å². The lowest BCUT2D eigenvalue weighted by molar-refractivity contribution is -0.153. The van der Waals surface area contributed by atoms with Crippen LogP contribution in [0.3, 0.4) is 0 Å². The van der Waals surface area contributed by atoms with E-state index in [1.807, 2.05) is 28.8 Å². The van der Waals surface area contributed by atoms with Crippen LogP contribution in [-0.2, 0) is 14.3 Å². The molecule has 2 aromatic carbocycles. The van der Waals surface area contributed by atoms with E-state index in [4.69, 9.17) is 23.9 Å². The van der Waals surface area contributed by atoms with E-state index in [1.54, 1.807) is 24.0 Å². The number of hydrogen-bond donors (Lipinski definition) is 0. The highest BCUT2D eigenvalue weighted by molar-refractivity contribution is 6.08. The number of ether oxygens (including phenoxy) is 4. The van der Waals surface area contributed by atoms with E-state index in [-0.39, 0.29) is 12.5 Å². The highest BCUT2D eigenvalue weighted by Gasteiger charge is 2.48. The van der Waals surface area contributed by atoms with Gasteiger partial charge in [0.15, 0.2) is 17.4 Å². The fraction of sp³-hybridized carbons (Fsp3) is 0.444. The van der Waals surface area contributed by atoms with Crippen LogP contribution in [0.5, 0.6) is 17.2 Å². The third-order valence-electron chi connectivity index (χ3n) is 6.50. The number of imidazole rings is 1. The molecule has 0 N–H and O–H groups in total.